The van der Waals surface area contributed by atoms with Crippen LogP contribution < -0.4 is 14.8 Å². The molecule has 0 fully saturated rings. The highest BCUT2D eigenvalue weighted by molar-refractivity contribution is 5.72. The van der Waals surface area contributed by atoms with Crippen molar-refractivity contribution in [2.24, 2.45) is 0 Å². The van der Waals surface area contributed by atoms with Gasteiger partial charge in [0.1, 0.15) is 11.5 Å². The molecule has 0 unspecified atom stereocenters. The fourth-order valence-corrected chi connectivity index (χ4v) is 4.09. The smallest absolute Gasteiger partial charge is 0.491 e. The third-order valence-corrected chi connectivity index (χ3v) is 6.10. The van der Waals surface area contributed by atoms with E-state index in [0.717, 1.165) is 67.6 Å². The number of rotatable bonds is 13. The Morgan fingerprint density at radius 2 is 1.56 bits per heavy atom. The van der Waals surface area contributed by atoms with Crippen molar-refractivity contribution < 1.29 is 22.6 Å². The normalized spacial score (nSPS) is 11.4. The molecule has 3 nitrogen and oxygen atoms in total. The van der Waals surface area contributed by atoms with Gasteiger partial charge in [0.05, 0.1) is 12.3 Å². The second-order valence-corrected chi connectivity index (χ2v) is 9.15. The first-order valence-corrected chi connectivity index (χ1v) is 12.7. The van der Waals surface area contributed by atoms with Crippen molar-refractivity contribution in [3.8, 4) is 22.6 Å². The fourth-order valence-electron chi connectivity index (χ4n) is 4.09. The SMILES string of the molecule is CCCCCOc1ccc(-c2ccc(OC(F)(F)F)cc2)cc1NCCCCc1cc(C)ccc1C. The number of ether oxygens (including phenoxy) is 2. The molecule has 6 heteroatoms. The number of benzene rings is 3. The number of aryl methyl sites for hydroxylation is 3. The molecular formula is C30H36F3NO2. The third kappa shape index (κ3) is 8.81. The maximum absolute atomic E-state index is 12.5. The van der Waals surface area contributed by atoms with Gasteiger partial charge in [-0.2, -0.15) is 0 Å². The zero-order valence-electron chi connectivity index (χ0n) is 21.4. The summed E-state index contributed by atoms with van der Waals surface area (Å²) >= 11 is 0. The number of nitrogens with one attached hydrogen (secondary N) is 1. The van der Waals surface area contributed by atoms with E-state index in [1.165, 1.54) is 28.8 Å². The molecule has 3 aromatic rings. The zero-order valence-corrected chi connectivity index (χ0v) is 21.4. The summed E-state index contributed by atoms with van der Waals surface area (Å²) in [6.45, 7) is 7.89. The molecule has 0 saturated carbocycles. The highest BCUT2D eigenvalue weighted by atomic mass is 19.4. The first-order chi connectivity index (χ1) is 17.2. The van der Waals surface area contributed by atoms with Crippen LogP contribution in [0.25, 0.3) is 11.1 Å². The molecule has 194 valence electrons. The third-order valence-electron chi connectivity index (χ3n) is 6.10. The maximum Gasteiger partial charge on any atom is 0.573 e. The van der Waals surface area contributed by atoms with Gasteiger partial charge in [0.15, 0.2) is 0 Å². The molecule has 0 amide bonds. The molecule has 0 aliphatic carbocycles. The van der Waals surface area contributed by atoms with E-state index < -0.39 is 6.36 Å². The van der Waals surface area contributed by atoms with Gasteiger partial charge in [0, 0.05) is 6.54 Å². The van der Waals surface area contributed by atoms with E-state index in [4.69, 9.17) is 4.74 Å². The molecule has 0 aliphatic heterocycles. The first-order valence-electron chi connectivity index (χ1n) is 12.7. The number of anilines is 1. The van der Waals surface area contributed by atoms with Crippen LogP contribution in [0, 0.1) is 13.8 Å². The van der Waals surface area contributed by atoms with E-state index in [9.17, 15) is 13.2 Å². The van der Waals surface area contributed by atoms with Gasteiger partial charge in [-0.3, -0.25) is 0 Å². The Kier molecular flexibility index (Phi) is 10.1. The largest absolute Gasteiger partial charge is 0.573 e. The summed E-state index contributed by atoms with van der Waals surface area (Å²) in [5, 5.41) is 3.52. The van der Waals surface area contributed by atoms with Crippen molar-refractivity contribution >= 4 is 5.69 Å². The monoisotopic (exact) mass is 499 g/mol. The standard InChI is InChI=1S/C30H36F3NO2/c1-4-5-8-19-35-29-17-14-26(24-12-15-27(16-13-24)36-30(31,32)33)21-28(29)34-18-7-6-9-25-20-22(2)10-11-23(25)3/h10-17,20-21,34H,4-9,18-19H2,1-3H3. The Hall–Kier alpha value is -3.15. The average Bonchev–Trinajstić information content (AvgIpc) is 2.84. The lowest BCUT2D eigenvalue weighted by Gasteiger charge is -2.16. The lowest BCUT2D eigenvalue weighted by Crippen LogP contribution is -2.16. The molecule has 0 spiro atoms. The van der Waals surface area contributed by atoms with Crippen LogP contribution in [0.3, 0.4) is 0 Å². The van der Waals surface area contributed by atoms with Gasteiger partial charge in [-0.1, -0.05) is 61.7 Å². The predicted molar refractivity (Wildman–Crippen MR) is 141 cm³/mol. The van der Waals surface area contributed by atoms with Crippen LogP contribution >= 0.6 is 0 Å². The van der Waals surface area contributed by atoms with E-state index in [1.807, 2.05) is 18.2 Å². The highest BCUT2D eigenvalue weighted by Crippen LogP contribution is 2.33. The minimum absolute atomic E-state index is 0.232. The minimum atomic E-state index is -4.70. The molecule has 0 aromatic heterocycles. The first kappa shape index (κ1) is 27.4. The molecule has 0 atom stereocenters. The summed E-state index contributed by atoms with van der Waals surface area (Å²) in [5.41, 5.74) is 6.61. The number of alkyl halides is 3. The Bertz CT molecular complexity index is 1090. The van der Waals surface area contributed by atoms with E-state index in [1.54, 1.807) is 12.1 Å². The van der Waals surface area contributed by atoms with Crippen LogP contribution in [-0.2, 0) is 6.42 Å². The van der Waals surface area contributed by atoms with Crippen molar-refractivity contribution in [1.29, 1.82) is 0 Å². The molecule has 3 rings (SSSR count). The molecule has 36 heavy (non-hydrogen) atoms. The van der Waals surface area contributed by atoms with Crippen LogP contribution in [0.1, 0.15) is 55.7 Å². The van der Waals surface area contributed by atoms with Gasteiger partial charge in [-0.05, 0) is 86.1 Å². The van der Waals surface area contributed by atoms with Crippen molar-refractivity contribution in [3.63, 3.8) is 0 Å². The summed E-state index contributed by atoms with van der Waals surface area (Å²) in [4.78, 5) is 0. The van der Waals surface area contributed by atoms with Crippen LogP contribution in [0.5, 0.6) is 11.5 Å². The van der Waals surface area contributed by atoms with Crippen molar-refractivity contribution in [2.75, 3.05) is 18.5 Å². The quantitative estimate of drug-likeness (QED) is 0.238. The van der Waals surface area contributed by atoms with E-state index in [-0.39, 0.29) is 5.75 Å². The van der Waals surface area contributed by atoms with Crippen LogP contribution in [-0.4, -0.2) is 19.5 Å². The zero-order chi connectivity index (χ0) is 26.0. The molecular weight excluding hydrogens is 463 g/mol. The fraction of sp³-hybridized carbons (Fsp3) is 0.400. The van der Waals surface area contributed by atoms with Crippen LogP contribution in [0.15, 0.2) is 60.7 Å². The summed E-state index contributed by atoms with van der Waals surface area (Å²) in [5.74, 6) is 0.561. The van der Waals surface area contributed by atoms with Crippen molar-refractivity contribution in [2.45, 2.75) is 65.7 Å². The lowest BCUT2D eigenvalue weighted by atomic mass is 10.0. The Labute approximate surface area is 212 Å². The average molecular weight is 500 g/mol. The lowest BCUT2D eigenvalue weighted by molar-refractivity contribution is -0.274. The second-order valence-electron chi connectivity index (χ2n) is 9.15. The molecule has 0 radical (unpaired) electrons. The van der Waals surface area contributed by atoms with E-state index in [0.29, 0.717) is 6.61 Å². The summed E-state index contributed by atoms with van der Waals surface area (Å²) in [6, 6.07) is 18.4. The molecule has 0 bridgehead atoms. The molecule has 3 aromatic carbocycles. The Morgan fingerprint density at radius 1 is 0.806 bits per heavy atom. The van der Waals surface area contributed by atoms with Crippen LogP contribution in [0.4, 0.5) is 18.9 Å². The van der Waals surface area contributed by atoms with Crippen LogP contribution in [0.2, 0.25) is 0 Å². The van der Waals surface area contributed by atoms with Gasteiger partial charge in [0.2, 0.25) is 0 Å². The molecule has 1 N–H and O–H groups in total. The number of hydrogen-bond acceptors (Lipinski definition) is 3. The van der Waals surface area contributed by atoms with E-state index in [2.05, 4.69) is 49.0 Å². The molecule has 0 aliphatic rings. The second kappa shape index (κ2) is 13.2. The maximum atomic E-state index is 12.5. The van der Waals surface area contributed by atoms with Gasteiger partial charge in [-0.15, -0.1) is 13.2 Å². The van der Waals surface area contributed by atoms with Gasteiger partial charge >= 0.3 is 6.36 Å². The number of hydrogen-bond donors (Lipinski definition) is 1. The van der Waals surface area contributed by atoms with E-state index >= 15 is 0 Å². The van der Waals surface area contributed by atoms with Gasteiger partial charge in [0.25, 0.3) is 0 Å². The van der Waals surface area contributed by atoms with Gasteiger partial charge < -0.3 is 14.8 Å². The number of halogens is 3. The summed E-state index contributed by atoms with van der Waals surface area (Å²) in [6.07, 6.45) is 1.66. The molecule has 0 saturated heterocycles. The minimum Gasteiger partial charge on any atom is -0.491 e. The topological polar surface area (TPSA) is 30.5 Å². The predicted octanol–water partition coefficient (Wildman–Crippen LogP) is 8.87. The van der Waals surface area contributed by atoms with Gasteiger partial charge in [-0.25, -0.2) is 0 Å². The number of unbranched alkanes of at least 4 members (excludes halogenated alkanes) is 3. The Morgan fingerprint density at radius 3 is 2.28 bits per heavy atom. The molecule has 0 heterocycles. The Balaban J connectivity index is 1.65. The van der Waals surface area contributed by atoms with Crippen molar-refractivity contribution in [1.82, 2.24) is 0 Å². The highest BCUT2D eigenvalue weighted by Gasteiger charge is 2.31. The van der Waals surface area contributed by atoms with Crippen molar-refractivity contribution in [3.05, 3.63) is 77.4 Å². The summed E-state index contributed by atoms with van der Waals surface area (Å²) < 4.78 is 47.5. The summed E-state index contributed by atoms with van der Waals surface area (Å²) in [7, 11) is 0.